The number of hydrogen-bond donors (Lipinski definition) is 2. The molecule has 88 valence electrons. The summed E-state index contributed by atoms with van der Waals surface area (Å²) in [6.07, 6.45) is 2.30. The van der Waals surface area contributed by atoms with Crippen molar-refractivity contribution in [3.8, 4) is 0 Å². The third kappa shape index (κ3) is 4.40. The second kappa shape index (κ2) is 6.35. The van der Waals surface area contributed by atoms with E-state index in [0.29, 0.717) is 12.5 Å². The van der Waals surface area contributed by atoms with Crippen molar-refractivity contribution >= 4 is 17.7 Å². The molecule has 0 radical (unpaired) electrons. The SMILES string of the molecule is CCOC(=O)CSC(CO)C(N)C1CC1. The van der Waals surface area contributed by atoms with E-state index in [1.165, 1.54) is 11.8 Å². The molecule has 0 aromatic carbocycles. The van der Waals surface area contributed by atoms with Gasteiger partial charge in [-0.2, -0.15) is 0 Å². The third-order valence-electron chi connectivity index (χ3n) is 2.50. The number of aliphatic hydroxyl groups is 1. The molecule has 0 bridgehead atoms. The van der Waals surface area contributed by atoms with E-state index in [1.807, 2.05) is 0 Å². The van der Waals surface area contributed by atoms with Crippen molar-refractivity contribution in [3.05, 3.63) is 0 Å². The van der Waals surface area contributed by atoms with Gasteiger partial charge in [0.05, 0.1) is 19.0 Å². The minimum Gasteiger partial charge on any atom is -0.465 e. The number of carbonyl (C=O) groups is 1. The maximum Gasteiger partial charge on any atom is 0.315 e. The van der Waals surface area contributed by atoms with E-state index in [0.717, 1.165) is 12.8 Å². The maximum atomic E-state index is 11.1. The first-order valence-electron chi connectivity index (χ1n) is 5.32. The zero-order chi connectivity index (χ0) is 11.3. The van der Waals surface area contributed by atoms with E-state index in [4.69, 9.17) is 15.6 Å². The summed E-state index contributed by atoms with van der Waals surface area (Å²) >= 11 is 1.40. The summed E-state index contributed by atoms with van der Waals surface area (Å²) < 4.78 is 4.81. The lowest BCUT2D eigenvalue weighted by Gasteiger charge is -2.20. The average Bonchev–Trinajstić information content (AvgIpc) is 3.02. The number of nitrogens with two attached hydrogens (primary N) is 1. The molecule has 0 heterocycles. The van der Waals surface area contributed by atoms with Crippen LogP contribution in [0.4, 0.5) is 0 Å². The van der Waals surface area contributed by atoms with Crippen LogP contribution < -0.4 is 5.73 Å². The lowest BCUT2D eigenvalue weighted by Crippen LogP contribution is -2.37. The predicted molar refractivity (Wildman–Crippen MR) is 60.7 cm³/mol. The average molecular weight is 233 g/mol. The molecule has 0 saturated heterocycles. The van der Waals surface area contributed by atoms with Gasteiger partial charge in [0, 0.05) is 11.3 Å². The fourth-order valence-electron chi connectivity index (χ4n) is 1.45. The number of esters is 1. The first-order valence-corrected chi connectivity index (χ1v) is 6.37. The first-order chi connectivity index (χ1) is 7.19. The van der Waals surface area contributed by atoms with Crippen LogP contribution in [0.5, 0.6) is 0 Å². The smallest absolute Gasteiger partial charge is 0.315 e. The van der Waals surface area contributed by atoms with Gasteiger partial charge in [0.2, 0.25) is 0 Å². The lowest BCUT2D eigenvalue weighted by molar-refractivity contribution is -0.139. The van der Waals surface area contributed by atoms with Gasteiger partial charge in [-0.1, -0.05) is 0 Å². The molecule has 2 atom stereocenters. The summed E-state index contributed by atoms with van der Waals surface area (Å²) in [6, 6.07) is 0.00873. The summed E-state index contributed by atoms with van der Waals surface area (Å²) in [5.74, 6) is 0.584. The second-order valence-corrected chi connectivity index (χ2v) is 4.98. The van der Waals surface area contributed by atoms with E-state index >= 15 is 0 Å². The van der Waals surface area contributed by atoms with Crippen molar-refractivity contribution in [2.24, 2.45) is 11.7 Å². The van der Waals surface area contributed by atoms with Gasteiger partial charge >= 0.3 is 5.97 Å². The number of rotatable bonds is 7. The van der Waals surface area contributed by atoms with E-state index in [2.05, 4.69) is 0 Å². The molecule has 1 saturated carbocycles. The van der Waals surface area contributed by atoms with Gasteiger partial charge in [0.15, 0.2) is 0 Å². The molecule has 0 spiro atoms. The zero-order valence-corrected chi connectivity index (χ0v) is 9.83. The fraction of sp³-hybridized carbons (Fsp3) is 0.900. The minimum absolute atomic E-state index is 0.00873. The van der Waals surface area contributed by atoms with Crippen LogP contribution >= 0.6 is 11.8 Å². The molecule has 1 fully saturated rings. The molecule has 15 heavy (non-hydrogen) atoms. The Balaban J connectivity index is 2.23. The highest BCUT2D eigenvalue weighted by Gasteiger charge is 2.34. The molecule has 0 aromatic rings. The zero-order valence-electron chi connectivity index (χ0n) is 9.02. The Hall–Kier alpha value is -0.260. The van der Waals surface area contributed by atoms with Crippen LogP contribution in [0.3, 0.4) is 0 Å². The number of aliphatic hydroxyl groups excluding tert-OH is 1. The van der Waals surface area contributed by atoms with E-state index < -0.39 is 0 Å². The van der Waals surface area contributed by atoms with Gasteiger partial charge in [-0.3, -0.25) is 4.79 Å². The molecule has 0 aliphatic heterocycles. The van der Waals surface area contributed by atoms with Crippen molar-refractivity contribution in [2.45, 2.75) is 31.1 Å². The van der Waals surface area contributed by atoms with Crippen molar-refractivity contribution in [1.29, 1.82) is 0 Å². The van der Waals surface area contributed by atoms with Gasteiger partial charge in [-0.25, -0.2) is 0 Å². The number of carbonyl (C=O) groups excluding carboxylic acids is 1. The van der Waals surface area contributed by atoms with Crippen molar-refractivity contribution in [1.82, 2.24) is 0 Å². The molecule has 1 rings (SSSR count). The highest BCUT2D eigenvalue weighted by Crippen LogP contribution is 2.35. The summed E-state index contributed by atoms with van der Waals surface area (Å²) in [5, 5.41) is 9.12. The summed E-state index contributed by atoms with van der Waals surface area (Å²) in [5.41, 5.74) is 5.96. The highest BCUT2D eigenvalue weighted by molar-refractivity contribution is 8.00. The van der Waals surface area contributed by atoms with Crippen LogP contribution in [0.1, 0.15) is 19.8 Å². The molecule has 0 amide bonds. The highest BCUT2D eigenvalue weighted by atomic mass is 32.2. The summed E-state index contributed by atoms with van der Waals surface area (Å²) in [4.78, 5) is 11.1. The van der Waals surface area contributed by atoms with Gasteiger partial charge in [0.25, 0.3) is 0 Å². The largest absolute Gasteiger partial charge is 0.465 e. The van der Waals surface area contributed by atoms with Crippen LogP contribution in [0.2, 0.25) is 0 Å². The number of hydrogen-bond acceptors (Lipinski definition) is 5. The Morgan fingerprint density at radius 3 is 2.80 bits per heavy atom. The van der Waals surface area contributed by atoms with Crippen LogP contribution in [-0.2, 0) is 9.53 Å². The summed E-state index contributed by atoms with van der Waals surface area (Å²) in [7, 11) is 0. The Morgan fingerprint density at radius 1 is 1.67 bits per heavy atom. The standard InChI is InChI=1S/C10H19NO3S/c1-2-14-9(13)6-15-8(5-12)10(11)7-3-4-7/h7-8,10,12H,2-6,11H2,1H3. The minimum atomic E-state index is -0.232. The summed E-state index contributed by atoms with van der Waals surface area (Å²) in [6.45, 7) is 2.21. The van der Waals surface area contributed by atoms with Crippen molar-refractivity contribution < 1.29 is 14.6 Å². The number of thioether (sulfide) groups is 1. The van der Waals surface area contributed by atoms with Gasteiger partial charge in [-0.05, 0) is 25.7 Å². The Bertz CT molecular complexity index is 209. The fourth-order valence-corrected chi connectivity index (χ4v) is 2.43. The Morgan fingerprint density at radius 2 is 2.33 bits per heavy atom. The molecule has 0 aromatic heterocycles. The van der Waals surface area contributed by atoms with Crippen LogP contribution in [0, 0.1) is 5.92 Å². The molecule has 1 aliphatic carbocycles. The molecule has 4 nitrogen and oxygen atoms in total. The molecule has 5 heteroatoms. The molecule has 2 unspecified atom stereocenters. The maximum absolute atomic E-state index is 11.1. The van der Waals surface area contributed by atoms with Crippen molar-refractivity contribution in [2.75, 3.05) is 19.0 Å². The van der Waals surface area contributed by atoms with Crippen molar-refractivity contribution in [3.63, 3.8) is 0 Å². The normalized spacial score (nSPS) is 19.7. The quantitative estimate of drug-likeness (QED) is 0.622. The first kappa shape index (κ1) is 12.8. The number of ether oxygens (including phenoxy) is 1. The van der Waals surface area contributed by atoms with Gasteiger partial charge in [0.1, 0.15) is 0 Å². The molecular formula is C10H19NO3S. The van der Waals surface area contributed by atoms with E-state index in [9.17, 15) is 4.79 Å². The third-order valence-corrected chi connectivity index (χ3v) is 3.79. The predicted octanol–water partition coefficient (Wildman–Crippen LogP) is 0.381. The van der Waals surface area contributed by atoms with Gasteiger partial charge < -0.3 is 15.6 Å². The topological polar surface area (TPSA) is 72.5 Å². The van der Waals surface area contributed by atoms with E-state index in [1.54, 1.807) is 6.92 Å². The van der Waals surface area contributed by atoms with Crippen LogP contribution in [0.25, 0.3) is 0 Å². The monoisotopic (exact) mass is 233 g/mol. The Labute approximate surface area is 94.6 Å². The molecule has 3 N–H and O–H groups in total. The molecular weight excluding hydrogens is 214 g/mol. The van der Waals surface area contributed by atoms with Crippen LogP contribution in [-0.4, -0.2) is 41.3 Å². The van der Waals surface area contributed by atoms with Crippen LogP contribution in [0.15, 0.2) is 0 Å². The molecule has 1 aliphatic rings. The Kier molecular flexibility index (Phi) is 5.42. The van der Waals surface area contributed by atoms with Gasteiger partial charge in [-0.15, -0.1) is 11.8 Å². The second-order valence-electron chi connectivity index (χ2n) is 3.75. The van der Waals surface area contributed by atoms with E-state index in [-0.39, 0.29) is 29.6 Å². The lowest BCUT2D eigenvalue weighted by atomic mass is 10.1.